The third-order valence-electron chi connectivity index (χ3n) is 4.50. The molecule has 0 unspecified atom stereocenters. The Morgan fingerprint density at radius 3 is 2.22 bits per heavy atom. The maximum atomic E-state index is 13.1. The Kier molecular flexibility index (Phi) is 5.71. The maximum Gasteiger partial charge on any atom is 0.267 e. The van der Waals surface area contributed by atoms with Crippen LogP contribution >= 0.6 is 11.3 Å². The molecule has 0 atom stereocenters. The van der Waals surface area contributed by atoms with Gasteiger partial charge in [-0.15, -0.1) is 11.3 Å². The van der Waals surface area contributed by atoms with Gasteiger partial charge in [0.1, 0.15) is 9.88 Å². The quantitative estimate of drug-likeness (QED) is 0.590. The average molecular weight is 380 g/mol. The highest BCUT2D eigenvalue weighted by Gasteiger charge is 2.21. The van der Waals surface area contributed by atoms with Gasteiger partial charge in [-0.1, -0.05) is 52.0 Å². The summed E-state index contributed by atoms with van der Waals surface area (Å²) in [6.07, 6.45) is 1.74. The van der Waals surface area contributed by atoms with Gasteiger partial charge in [0.2, 0.25) is 0 Å². The van der Waals surface area contributed by atoms with Gasteiger partial charge >= 0.3 is 0 Å². The molecule has 0 aliphatic carbocycles. The molecule has 1 amide bonds. The number of rotatable bonds is 5. The second-order valence-electron chi connectivity index (χ2n) is 7.22. The molecule has 140 valence electrons. The topological polar surface area (TPSA) is 54.9 Å². The molecule has 0 aliphatic heterocycles. The number of benzene rings is 1. The Labute approximate surface area is 164 Å². The highest BCUT2D eigenvalue weighted by molar-refractivity contribution is 7.17. The van der Waals surface area contributed by atoms with E-state index in [1.54, 1.807) is 6.20 Å². The number of para-hydroxylation sites is 1. The second kappa shape index (κ2) is 8.01. The number of hydrogen-bond donors (Lipinski definition) is 1. The van der Waals surface area contributed by atoms with Crippen molar-refractivity contribution >= 4 is 22.9 Å². The molecule has 0 fully saturated rings. The third kappa shape index (κ3) is 4.08. The van der Waals surface area contributed by atoms with Crippen LogP contribution in [0.2, 0.25) is 0 Å². The summed E-state index contributed by atoms with van der Waals surface area (Å²) in [5, 5.41) is 3.94. The Hall–Kier alpha value is -2.53. The minimum Gasteiger partial charge on any atom is -0.321 e. The molecule has 5 heteroatoms. The van der Waals surface area contributed by atoms with E-state index in [-0.39, 0.29) is 5.91 Å². The summed E-state index contributed by atoms with van der Waals surface area (Å²) < 4.78 is 0. The lowest BCUT2D eigenvalue weighted by atomic mass is 9.92. The Morgan fingerprint density at radius 1 is 1.00 bits per heavy atom. The summed E-state index contributed by atoms with van der Waals surface area (Å²) in [7, 11) is 0. The van der Waals surface area contributed by atoms with Crippen molar-refractivity contribution < 1.29 is 4.79 Å². The molecule has 2 heterocycles. The van der Waals surface area contributed by atoms with Gasteiger partial charge in [0.05, 0.1) is 11.4 Å². The van der Waals surface area contributed by atoms with Crippen LogP contribution in [0.5, 0.6) is 0 Å². The van der Waals surface area contributed by atoms with Gasteiger partial charge in [-0.25, -0.2) is 4.98 Å². The van der Waals surface area contributed by atoms with E-state index in [0.29, 0.717) is 16.7 Å². The van der Waals surface area contributed by atoms with Crippen LogP contribution in [-0.2, 0) is 0 Å². The molecule has 0 radical (unpaired) electrons. The summed E-state index contributed by atoms with van der Waals surface area (Å²) in [6.45, 7) is 10.5. The molecule has 3 rings (SSSR count). The highest BCUT2D eigenvalue weighted by Crippen LogP contribution is 2.34. The van der Waals surface area contributed by atoms with Gasteiger partial charge in [-0.2, -0.15) is 0 Å². The number of carbonyl (C=O) groups excluding carboxylic acids is 1. The van der Waals surface area contributed by atoms with Crippen molar-refractivity contribution in [1.82, 2.24) is 9.97 Å². The number of amides is 1. The van der Waals surface area contributed by atoms with E-state index in [2.05, 4.69) is 61.2 Å². The fraction of sp³-hybridized carbons (Fsp3) is 0.318. The van der Waals surface area contributed by atoms with Crippen LogP contribution in [0.15, 0.2) is 42.6 Å². The predicted molar refractivity (Wildman–Crippen MR) is 113 cm³/mol. The number of hydrogen-bond acceptors (Lipinski definition) is 4. The largest absolute Gasteiger partial charge is 0.321 e. The lowest BCUT2D eigenvalue weighted by Gasteiger charge is -2.20. The first-order chi connectivity index (χ1) is 12.9. The van der Waals surface area contributed by atoms with Crippen molar-refractivity contribution in [3.63, 3.8) is 0 Å². The Bertz CT molecular complexity index is 919. The van der Waals surface area contributed by atoms with Crippen molar-refractivity contribution in [3.8, 4) is 10.7 Å². The van der Waals surface area contributed by atoms with Crippen molar-refractivity contribution in [3.05, 3.63) is 64.3 Å². The number of aryl methyl sites for hydroxylation is 1. The molecule has 27 heavy (non-hydrogen) atoms. The molecule has 0 saturated carbocycles. The molecular weight excluding hydrogens is 354 g/mol. The van der Waals surface area contributed by atoms with Crippen LogP contribution in [0.25, 0.3) is 10.7 Å². The van der Waals surface area contributed by atoms with Crippen LogP contribution in [0.1, 0.15) is 66.0 Å². The number of nitrogens with one attached hydrogen (secondary N) is 1. The fourth-order valence-electron chi connectivity index (χ4n) is 3.07. The van der Waals surface area contributed by atoms with E-state index in [9.17, 15) is 4.79 Å². The molecule has 3 aromatic rings. The molecule has 0 bridgehead atoms. The van der Waals surface area contributed by atoms with Gasteiger partial charge in [-0.3, -0.25) is 9.78 Å². The smallest absolute Gasteiger partial charge is 0.267 e. The van der Waals surface area contributed by atoms with Crippen molar-refractivity contribution in [1.29, 1.82) is 0 Å². The second-order valence-corrected chi connectivity index (χ2v) is 8.22. The summed E-state index contributed by atoms with van der Waals surface area (Å²) in [6, 6.07) is 11.9. The molecule has 4 nitrogen and oxygen atoms in total. The van der Waals surface area contributed by atoms with Gasteiger partial charge < -0.3 is 5.32 Å². The lowest BCUT2D eigenvalue weighted by Crippen LogP contribution is -2.15. The normalized spacial score (nSPS) is 11.2. The van der Waals surface area contributed by atoms with Crippen LogP contribution in [0, 0.1) is 6.92 Å². The standard InChI is InChI=1S/C22H25N3OS/c1-13(2)16-9-8-10-17(14(3)4)19(16)25-21(26)20-15(5)24-22(27-20)18-11-6-7-12-23-18/h6-14H,1-5H3,(H,25,26). The molecule has 1 N–H and O–H groups in total. The first kappa shape index (κ1) is 19.2. The summed E-state index contributed by atoms with van der Waals surface area (Å²) in [4.78, 5) is 22.6. The number of anilines is 1. The molecule has 1 aromatic carbocycles. The molecule has 0 aliphatic rings. The number of aromatic nitrogens is 2. The molecule has 0 spiro atoms. The molecule has 2 aromatic heterocycles. The van der Waals surface area contributed by atoms with E-state index in [4.69, 9.17) is 0 Å². The van der Waals surface area contributed by atoms with Crippen LogP contribution in [0.3, 0.4) is 0 Å². The van der Waals surface area contributed by atoms with Crippen LogP contribution in [-0.4, -0.2) is 15.9 Å². The Morgan fingerprint density at radius 2 is 1.67 bits per heavy atom. The number of pyridine rings is 1. The highest BCUT2D eigenvalue weighted by atomic mass is 32.1. The first-order valence-electron chi connectivity index (χ1n) is 9.21. The monoisotopic (exact) mass is 379 g/mol. The zero-order valence-corrected chi connectivity index (χ0v) is 17.2. The SMILES string of the molecule is Cc1nc(-c2ccccn2)sc1C(=O)Nc1c(C(C)C)cccc1C(C)C. The summed E-state index contributed by atoms with van der Waals surface area (Å²) >= 11 is 1.38. The first-order valence-corrected chi connectivity index (χ1v) is 10.0. The van der Waals surface area contributed by atoms with Crippen molar-refractivity contribution in [2.24, 2.45) is 0 Å². The van der Waals surface area contributed by atoms with Crippen molar-refractivity contribution in [2.75, 3.05) is 5.32 Å². The Balaban J connectivity index is 1.96. The average Bonchev–Trinajstić information content (AvgIpc) is 3.04. The zero-order chi connectivity index (χ0) is 19.6. The van der Waals surface area contributed by atoms with Gasteiger partial charge in [0.25, 0.3) is 5.91 Å². The maximum absolute atomic E-state index is 13.1. The van der Waals surface area contributed by atoms with E-state index in [1.807, 2.05) is 25.1 Å². The zero-order valence-electron chi connectivity index (χ0n) is 16.4. The molecular formula is C22H25N3OS. The van der Waals surface area contributed by atoms with Gasteiger partial charge in [0, 0.05) is 11.9 Å². The van der Waals surface area contributed by atoms with E-state index < -0.39 is 0 Å². The van der Waals surface area contributed by atoms with E-state index in [0.717, 1.165) is 33.2 Å². The molecule has 0 saturated heterocycles. The number of nitrogens with zero attached hydrogens (tertiary/aromatic N) is 2. The van der Waals surface area contributed by atoms with Gasteiger partial charge in [0.15, 0.2) is 0 Å². The number of thiazole rings is 1. The predicted octanol–water partition coefficient (Wildman–Crippen LogP) is 6.01. The summed E-state index contributed by atoms with van der Waals surface area (Å²) in [5.41, 5.74) is 4.75. The van der Waals surface area contributed by atoms with Crippen LogP contribution < -0.4 is 5.32 Å². The van der Waals surface area contributed by atoms with Crippen LogP contribution in [0.4, 0.5) is 5.69 Å². The van der Waals surface area contributed by atoms with Crippen molar-refractivity contribution in [2.45, 2.75) is 46.5 Å². The van der Waals surface area contributed by atoms with E-state index >= 15 is 0 Å². The van der Waals surface area contributed by atoms with Gasteiger partial charge in [-0.05, 0) is 42.0 Å². The van der Waals surface area contributed by atoms with E-state index in [1.165, 1.54) is 11.3 Å². The lowest BCUT2D eigenvalue weighted by molar-refractivity contribution is 0.102. The fourth-order valence-corrected chi connectivity index (χ4v) is 4.01. The third-order valence-corrected chi connectivity index (χ3v) is 5.68. The minimum atomic E-state index is -0.109. The summed E-state index contributed by atoms with van der Waals surface area (Å²) in [5.74, 6) is 0.540. The number of carbonyl (C=O) groups is 1. The minimum absolute atomic E-state index is 0.109.